The lowest BCUT2D eigenvalue weighted by molar-refractivity contribution is 0.00989. The number of aliphatic imine (C=N–C) groups is 1. The van der Waals surface area contributed by atoms with Gasteiger partial charge in [0.2, 0.25) is 0 Å². The average Bonchev–Trinajstić information content (AvgIpc) is 3.09. The molecule has 0 aromatic carbocycles. The van der Waals surface area contributed by atoms with Crippen molar-refractivity contribution < 1.29 is 9.47 Å². The summed E-state index contributed by atoms with van der Waals surface area (Å²) in [4.78, 5) is 10.1. The molecule has 158 valence electrons. The third kappa shape index (κ3) is 7.96. The van der Waals surface area contributed by atoms with Crippen LogP contribution < -0.4 is 5.32 Å². The molecule has 1 N–H and O–H groups in total. The molecule has 0 amide bonds. The minimum atomic E-state index is 0.386. The first-order valence-corrected chi connectivity index (χ1v) is 11.0. The highest BCUT2D eigenvalue weighted by molar-refractivity contribution is 5.80. The number of rotatable bonds is 10. The van der Waals surface area contributed by atoms with Gasteiger partial charge in [-0.05, 0) is 51.5 Å². The molecule has 0 unspecified atom stereocenters. The van der Waals surface area contributed by atoms with Crippen LogP contribution in [0.2, 0.25) is 0 Å². The third-order valence-electron chi connectivity index (χ3n) is 5.47. The monoisotopic (exact) mass is 382 g/mol. The van der Waals surface area contributed by atoms with E-state index in [1.165, 1.54) is 25.9 Å². The highest BCUT2D eigenvalue weighted by Gasteiger charge is 2.26. The fourth-order valence-electron chi connectivity index (χ4n) is 4.12. The van der Waals surface area contributed by atoms with Crippen molar-refractivity contribution in [3.63, 3.8) is 0 Å². The topological polar surface area (TPSA) is 49.3 Å². The molecule has 6 heteroatoms. The molecule has 2 aliphatic heterocycles. The van der Waals surface area contributed by atoms with Crippen molar-refractivity contribution in [1.82, 2.24) is 15.1 Å². The van der Waals surface area contributed by atoms with Crippen LogP contribution in [0.4, 0.5) is 0 Å². The van der Waals surface area contributed by atoms with E-state index in [0.717, 1.165) is 70.5 Å². The van der Waals surface area contributed by atoms with Crippen molar-refractivity contribution in [1.29, 1.82) is 0 Å². The summed E-state index contributed by atoms with van der Waals surface area (Å²) in [5.41, 5.74) is 0. The van der Waals surface area contributed by atoms with Crippen LogP contribution in [0.5, 0.6) is 0 Å². The Hall–Kier alpha value is -0.850. The first-order chi connectivity index (χ1) is 13.1. The van der Waals surface area contributed by atoms with Gasteiger partial charge in [0.1, 0.15) is 0 Å². The predicted molar refractivity (Wildman–Crippen MR) is 112 cm³/mol. The van der Waals surface area contributed by atoms with Crippen molar-refractivity contribution in [2.75, 3.05) is 59.6 Å². The molecule has 0 radical (unpaired) electrons. The standard InChI is InChI=1S/C21H42N4O2/c1-5-22-21(23-16-19-8-6-11-25(19)17-18(2)3)24-12-9-20(10-13-24)27-15-7-14-26-4/h18-20H,5-17H2,1-4H3,(H,22,23)/t19-/m1/s1. The quantitative estimate of drug-likeness (QED) is 0.358. The second-order valence-corrected chi connectivity index (χ2v) is 8.28. The summed E-state index contributed by atoms with van der Waals surface area (Å²) >= 11 is 0. The second kappa shape index (κ2) is 12.6. The minimum absolute atomic E-state index is 0.386. The summed E-state index contributed by atoms with van der Waals surface area (Å²) in [5, 5.41) is 3.51. The van der Waals surface area contributed by atoms with E-state index in [1.54, 1.807) is 7.11 Å². The van der Waals surface area contributed by atoms with E-state index in [2.05, 4.69) is 35.9 Å². The zero-order chi connectivity index (χ0) is 19.5. The molecule has 27 heavy (non-hydrogen) atoms. The molecule has 2 heterocycles. The zero-order valence-electron chi connectivity index (χ0n) is 18.1. The van der Waals surface area contributed by atoms with Crippen LogP contribution in [0.25, 0.3) is 0 Å². The summed E-state index contributed by atoms with van der Waals surface area (Å²) < 4.78 is 11.1. The fourth-order valence-corrected chi connectivity index (χ4v) is 4.12. The number of methoxy groups -OCH3 is 1. The maximum absolute atomic E-state index is 5.99. The fraction of sp³-hybridized carbons (Fsp3) is 0.952. The first kappa shape index (κ1) is 22.4. The van der Waals surface area contributed by atoms with Gasteiger partial charge in [-0.15, -0.1) is 0 Å². The Kier molecular flexibility index (Phi) is 10.5. The summed E-state index contributed by atoms with van der Waals surface area (Å²) in [6, 6.07) is 0.614. The van der Waals surface area contributed by atoms with Gasteiger partial charge < -0.3 is 19.7 Å². The Morgan fingerprint density at radius 2 is 1.93 bits per heavy atom. The molecule has 2 aliphatic rings. The average molecular weight is 383 g/mol. The number of piperidine rings is 1. The summed E-state index contributed by atoms with van der Waals surface area (Å²) in [7, 11) is 1.74. The Bertz CT molecular complexity index is 422. The number of nitrogens with one attached hydrogen (secondary N) is 1. The van der Waals surface area contributed by atoms with Crippen molar-refractivity contribution in [3.8, 4) is 0 Å². The van der Waals surface area contributed by atoms with Gasteiger partial charge in [0.15, 0.2) is 5.96 Å². The van der Waals surface area contributed by atoms with Crippen molar-refractivity contribution in [2.24, 2.45) is 10.9 Å². The molecule has 1 atom stereocenters. The van der Waals surface area contributed by atoms with Gasteiger partial charge >= 0.3 is 0 Å². The van der Waals surface area contributed by atoms with Gasteiger partial charge in [-0.25, -0.2) is 0 Å². The van der Waals surface area contributed by atoms with E-state index < -0.39 is 0 Å². The van der Waals surface area contributed by atoms with Crippen LogP contribution in [0, 0.1) is 5.92 Å². The van der Waals surface area contributed by atoms with Gasteiger partial charge in [0.25, 0.3) is 0 Å². The van der Waals surface area contributed by atoms with Crippen LogP contribution in [0.3, 0.4) is 0 Å². The van der Waals surface area contributed by atoms with Gasteiger partial charge in [-0.2, -0.15) is 0 Å². The summed E-state index contributed by atoms with van der Waals surface area (Å²) in [5.74, 6) is 1.82. The first-order valence-electron chi connectivity index (χ1n) is 11.0. The Labute approximate surface area is 166 Å². The van der Waals surface area contributed by atoms with E-state index in [0.29, 0.717) is 12.1 Å². The smallest absolute Gasteiger partial charge is 0.193 e. The van der Waals surface area contributed by atoms with Crippen molar-refractivity contribution in [3.05, 3.63) is 0 Å². The van der Waals surface area contributed by atoms with E-state index in [1.807, 2.05) is 0 Å². The summed E-state index contributed by atoms with van der Waals surface area (Å²) in [6.07, 6.45) is 6.13. The lowest BCUT2D eigenvalue weighted by Gasteiger charge is -2.34. The zero-order valence-corrected chi connectivity index (χ0v) is 18.1. The minimum Gasteiger partial charge on any atom is -0.385 e. The largest absolute Gasteiger partial charge is 0.385 e. The molecule has 0 aromatic rings. The number of ether oxygens (including phenoxy) is 2. The lowest BCUT2D eigenvalue weighted by Crippen LogP contribution is -2.47. The Balaban J connectivity index is 1.80. The molecule has 0 aromatic heterocycles. The van der Waals surface area contributed by atoms with Crippen LogP contribution in [-0.4, -0.2) is 87.5 Å². The number of nitrogens with zero attached hydrogens (tertiary/aromatic N) is 3. The molecule has 0 saturated carbocycles. The molecule has 0 spiro atoms. The molecule has 6 nitrogen and oxygen atoms in total. The van der Waals surface area contributed by atoms with E-state index in [-0.39, 0.29) is 0 Å². The molecule has 2 saturated heterocycles. The van der Waals surface area contributed by atoms with Crippen LogP contribution in [-0.2, 0) is 9.47 Å². The van der Waals surface area contributed by atoms with Crippen LogP contribution in [0.15, 0.2) is 4.99 Å². The molecule has 0 bridgehead atoms. The highest BCUT2D eigenvalue weighted by Crippen LogP contribution is 2.19. The number of hydrogen-bond donors (Lipinski definition) is 1. The third-order valence-corrected chi connectivity index (χ3v) is 5.47. The van der Waals surface area contributed by atoms with E-state index in [4.69, 9.17) is 14.5 Å². The van der Waals surface area contributed by atoms with Gasteiger partial charge in [0.05, 0.1) is 12.6 Å². The number of guanidine groups is 1. The molecule has 0 aliphatic carbocycles. The molecule has 2 rings (SSSR count). The molecular weight excluding hydrogens is 340 g/mol. The van der Waals surface area contributed by atoms with E-state index >= 15 is 0 Å². The van der Waals surface area contributed by atoms with Gasteiger partial charge in [-0.3, -0.25) is 9.89 Å². The second-order valence-electron chi connectivity index (χ2n) is 8.28. The van der Waals surface area contributed by atoms with E-state index in [9.17, 15) is 0 Å². The van der Waals surface area contributed by atoms with Crippen molar-refractivity contribution >= 4 is 5.96 Å². The number of hydrogen-bond acceptors (Lipinski definition) is 4. The Morgan fingerprint density at radius 3 is 2.59 bits per heavy atom. The highest BCUT2D eigenvalue weighted by atomic mass is 16.5. The maximum atomic E-state index is 5.99. The van der Waals surface area contributed by atoms with Crippen molar-refractivity contribution in [2.45, 2.75) is 65.0 Å². The normalized spacial score (nSPS) is 22.8. The van der Waals surface area contributed by atoms with Gasteiger partial charge in [0, 0.05) is 52.5 Å². The Morgan fingerprint density at radius 1 is 1.15 bits per heavy atom. The summed E-state index contributed by atoms with van der Waals surface area (Å²) in [6.45, 7) is 14.7. The van der Waals surface area contributed by atoms with Gasteiger partial charge in [-0.1, -0.05) is 13.8 Å². The lowest BCUT2D eigenvalue weighted by atomic mass is 10.1. The predicted octanol–water partition coefficient (Wildman–Crippen LogP) is 2.59. The van der Waals surface area contributed by atoms with Crippen LogP contribution >= 0.6 is 0 Å². The molecular formula is C21H42N4O2. The number of likely N-dealkylation sites (tertiary alicyclic amines) is 2. The SMILES string of the molecule is CCNC(=NC[C@H]1CCCN1CC(C)C)N1CCC(OCCCOC)CC1. The molecule has 2 fully saturated rings. The van der Waals surface area contributed by atoms with Crippen LogP contribution in [0.1, 0.15) is 52.9 Å². The maximum Gasteiger partial charge on any atom is 0.193 e.